The van der Waals surface area contributed by atoms with Crippen molar-refractivity contribution in [3.8, 4) is 0 Å². The molecule has 1 atom stereocenters. The Kier molecular flexibility index (Phi) is 5.36. The molecule has 0 fully saturated rings. The van der Waals surface area contributed by atoms with Crippen molar-refractivity contribution in [1.29, 1.82) is 0 Å². The van der Waals surface area contributed by atoms with Gasteiger partial charge in [0.2, 0.25) is 17.5 Å². The van der Waals surface area contributed by atoms with Crippen molar-refractivity contribution in [1.82, 2.24) is 5.32 Å². The van der Waals surface area contributed by atoms with Crippen molar-refractivity contribution >= 4 is 23.2 Å². The molecule has 0 heterocycles. The molecule has 1 unspecified atom stereocenters. The summed E-state index contributed by atoms with van der Waals surface area (Å²) >= 11 is 0. The van der Waals surface area contributed by atoms with Crippen LogP contribution < -0.4 is 11.1 Å². The van der Waals surface area contributed by atoms with Crippen LogP contribution in [-0.2, 0) is 10.3 Å². The molecule has 0 aliphatic heterocycles. The number of anilines is 1. The zero-order valence-corrected chi connectivity index (χ0v) is 16.5. The lowest BCUT2D eigenvalue weighted by atomic mass is 9.83. The number of hydrogen-bond donors (Lipinski definition) is 2. The van der Waals surface area contributed by atoms with Gasteiger partial charge in [-0.1, -0.05) is 63.6 Å². The predicted molar refractivity (Wildman–Crippen MR) is 109 cm³/mol. The first-order valence-electron chi connectivity index (χ1n) is 9.72. The largest absolute Gasteiger partial charge is 0.398 e. The number of unbranched alkanes of at least 4 members (excludes halogenated alkanes) is 1. The lowest BCUT2D eigenvalue weighted by Gasteiger charge is -2.28. The lowest BCUT2D eigenvalue weighted by molar-refractivity contribution is -0.122. The first-order valence-corrected chi connectivity index (χ1v) is 9.72. The fraction of sp³-hybridized carbons (Fsp3) is 0.348. The second kappa shape index (κ2) is 7.58. The van der Waals surface area contributed by atoms with Crippen molar-refractivity contribution < 1.29 is 14.4 Å². The summed E-state index contributed by atoms with van der Waals surface area (Å²) in [7, 11) is 0. The van der Waals surface area contributed by atoms with Gasteiger partial charge in [0.15, 0.2) is 5.54 Å². The van der Waals surface area contributed by atoms with E-state index in [0.717, 1.165) is 12.0 Å². The summed E-state index contributed by atoms with van der Waals surface area (Å²) in [6.07, 6.45) is 1.79. The van der Waals surface area contributed by atoms with E-state index < -0.39 is 17.1 Å². The molecule has 1 aliphatic rings. The fourth-order valence-electron chi connectivity index (χ4n) is 3.68. The Hall–Kier alpha value is -2.95. The highest BCUT2D eigenvalue weighted by Crippen LogP contribution is 2.40. The van der Waals surface area contributed by atoms with Gasteiger partial charge in [0.25, 0.3) is 0 Å². The van der Waals surface area contributed by atoms with Gasteiger partial charge >= 0.3 is 0 Å². The zero-order valence-electron chi connectivity index (χ0n) is 16.5. The second-order valence-corrected chi connectivity index (χ2v) is 7.61. The van der Waals surface area contributed by atoms with E-state index in [-0.39, 0.29) is 29.1 Å². The van der Waals surface area contributed by atoms with Crippen molar-refractivity contribution in [2.24, 2.45) is 0 Å². The van der Waals surface area contributed by atoms with Crippen LogP contribution in [0.15, 0.2) is 42.5 Å². The van der Waals surface area contributed by atoms with E-state index >= 15 is 0 Å². The monoisotopic (exact) mass is 378 g/mol. The molecule has 3 rings (SSSR count). The molecule has 0 spiro atoms. The molecule has 0 bridgehead atoms. The zero-order chi connectivity index (χ0) is 20.5. The number of rotatable bonds is 6. The Bertz CT molecular complexity index is 931. The highest BCUT2D eigenvalue weighted by Gasteiger charge is 2.56. The van der Waals surface area contributed by atoms with Gasteiger partial charge in [-0.05, 0) is 29.5 Å². The number of carbonyl (C=O) groups is 3. The smallest absolute Gasteiger partial charge is 0.221 e. The Morgan fingerprint density at radius 2 is 1.75 bits per heavy atom. The first-order chi connectivity index (χ1) is 13.3. The van der Waals surface area contributed by atoms with Gasteiger partial charge < -0.3 is 11.1 Å². The molecule has 5 heteroatoms. The molecular formula is C23H26N2O3. The highest BCUT2D eigenvalue weighted by molar-refractivity contribution is 6.35. The minimum Gasteiger partial charge on any atom is -0.398 e. The van der Waals surface area contributed by atoms with Gasteiger partial charge in [0.05, 0.1) is 5.56 Å². The van der Waals surface area contributed by atoms with E-state index in [4.69, 9.17) is 5.73 Å². The Labute approximate surface area is 165 Å². The highest BCUT2D eigenvalue weighted by atomic mass is 16.2. The Morgan fingerprint density at radius 1 is 1.07 bits per heavy atom. The van der Waals surface area contributed by atoms with E-state index in [1.54, 1.807) is 30.3 Å². The number of fused-ring (bicyclic) bond motifs is 1. The number of amides is 1. The summed E-state index contributed by atoms with van der Waals surface area (Å²) < 4.78 is 0. The van der Waals surface area contributed by atoms with Crippen LogP contribution in [0.2, 0.25) is 0 Å². The minimum atomic E-state index is -1.75. The van der Waals surface area contributed by atoms with Crippen LogP contribution in [0.1, 0.15) is 77.8 Å². The molecular weight excluding hydrogens is 352 g/mol. The summed E-state index contributed by atoms with van der Waals surface area (Å²) in [4.78, 5) is 39.5. The number of hydrogen-bond acceptors (Lipinski definition) is 4. The fourth-order valence-corrected chi connectivity index (χ4v) is 3.68. The topological polar surface area (TPSA) is 89.3 Å². The minimum absolute atomic E-state index is 0.191. The van der Waals surface area contributed by atoms with E-state index in [0.29, 0.717) is 17.9 Å². The average molecular weight is 378 g/mol. The number of carbonyl (C=O) groups excluding carboxylic acids is 3. The number of Topliss-reactive ketones (excluding diaryl/α,β-unsaturated/α-hetero) is 2. The van der Waals surface area contributed by atoms with Crippen LogP contribution in [0.5, 0.6) is 0 Å². The quantitative estimate of drug-likeness (QED) is 0.588. The van der Waals surface area contributed by atoms with E-state index in [2.05, 4.69) is 19.2 Å². The summed E-state index contributed by atoms with van der Waals surface area (Å²) in [6.45, 7) is 6.12. The SMILES string of the molecule is CCCCC(=O)NC1(c2ccc(C(C)C)cc2)C(=O)c2cccc(N)c2C1=O. The van der Waals surface area contributed by atoms with Gasteiger partial charge in [-0.3, -0.25) is 14.4 Å². The molecule has 28 heavy (non-hydrogen) atoms. The van der Waals surface area contributed by atoms with Crippen molar-refractivity contribution in [3.63, 3.8) is 0 Å². The molecule has 5 nitrogen and oxygen atoms in total. The van der Waals surface area contributed by atoms with Crippen molar-refractivity contribution in [2.75, 3.05) is 5.73 Å². The number of nitrogens with two attached hydrogens (primary N) is 1. The summed E-state index contributed by atoms with van der Waals surface area (Å²) in [5.74, 6) is -0.899. The number of benzene rings is 2. The molecule has 0 saturated heterocycles. The number of nitrogens with one attached hydrogen (secondary N) is 1. The standard InChI is InChI=1S/C23H26N2O3/c1-4-5-9-19(26)25-23(16-12-10-15(11-13-16)14(2)3)21(27)17-7-6-8-18(24)20(17)22(23)28/h6-8,10-14H,4-5,9,24H2,1-3H3,(H,25,26). The predicted octanol–water partition coefficient (Wildman–Crippen LogP) is 3.97. The molecule has 0 aromatic heterocycles. The Morgan fingerprint density at radius 3 is 2.32 bits per heavy atom. The molecule has 2 aromatic rings. The van der Waals surface area contributed by atoms with Crippen LogP contribution in [0.25, 0.3) is 0 Å². The maximum Gasteiger partial charge on any atom is 0.221 e. The summed E-state index contributed by atoms with van der Waals surface area (Å²) in [6, 6.07) is 12.1. The molecule has 1 aliphatic carbocycles. The first kappa shape index (κ1) is 19.8. The normalized spacial score (nSPS) is 18.4. The molecule has 0 radical (unpaired) electrons. The number of ketones is 2. The molecule has 3 N–H and O–H groups in total. The molecule has 2 aromatic carbocycles. The van der Waals surface area contributed by atoms with Crippen LogP contribution in [0.4, 0.5) is 5.69 Å². The van der Waals surface area contributed by atoms with E-state index in [1.165, 1.54) is 0 Å². The van der Waals surface area contributed by atoms with Crippen LogP contribution in [0.3, 0.4) is 0 Å². The molecule has 1 amide bonds. The molecule has 146 valence electrons. The number of nitrogen functional groups attached to an aromatic ring is 1. The Balaban J connectivity index is 2.14. The average Bonchev–Trinajstić information content (AvgIpc) is 2.90. The van der Waals surface area contributed by atoms with Gasteiger partial charge in [0, 0.05) is 17.7 Å². The van der Waals surface area contributed by atoms with Gasteiger partial charge in [-0.2, -0.15) is 0 Å². The maximum atomic E-state index is 13.5. The summed E-state index contributed by atoms with van der Waals surface area (Å²) in [5.41, 5.74) is 6.51. The molecule has 0 saturated carbocycles. The van der Waals surface area contributed by atoms with Crippen LogP contribution >= 0.6 is 0 Å². The summed E-state index contributed by atoms with van der Waals surface area (Å²) in [5, 5.41) is 2.77. The maximum absolute atomic E-state index is 13.5. The van der Waals surface area contributed by atoms with Crippen LogP contribution in [0, 0.1) is 0 Å². The van der Waals surface area contributed by atoms with E-state index in [1.807, 2.05) is 19.1 Å². The van der Waals surface area contributed by atoms with Gasteiger partial charge in [0.1, 0.15) is 0 Å². The third-order valence-electron chi connectivity index (χ3n) is 5.34. The van der Waals surface area contributed by atoms with Gasteiger partial charge in [-0.25, -0.2) is 0 Å². The lowest BCUT2D eigenvalue weighted by Crippen LogP contribution is -2.54. The second-order valence-electron chi connectivity index (χ2n) is 7.61. The van der Waals surface area contributed by atoms with Crippen molar-refractivity contribution in [2.45, 2.75) is 51.5 Å². The van der Waals surface area contributed by atoms with Crippen molar-refractivity contribution in [3.05, 3.63) is 64.7 Å². The van der Waals surface area contributed by atoms with Crippen LogP contribution in [-0.4, -0.2) is 17.5 Å². The van der Waals surface area contributed by atoms with Gasteiger partial charge in [-0.15, -0.1) is 0 Å². The third kappa shape index (κ3) is 3.11. The third-order valence-corrected chi connectivity index (χ3v) is 5.34. The van der Waals surface area contributed by atoms with E-state index in [9.17, 15) is 14.4 Å².